The second kappa shape index (κ2) is 5.08. The highest BCUT2D eigenvalue weighted by atomic mass is 32.2. The van der Waals surface area contributed by atoms with Crippen LogP contribution >= 0.6 is 11.8 Å². The van der Waals surface area contributed by atoms with Gasteiger partial charge in [0.1, 0.15) is 0 Å². The summed E-state index contributed by atoms with van der Waals surface area (Å²) in [7, 11) is 0. The molecule has 0 saturated carbocycles. The summed E-state index contributed by atoms with van der Waals surface area (Å²) in [5.74, 6) is 2.25. The van der Waals surface area contributed by atoms with Crippen molar-refractivity contribution in [1.82, 2.24) is 9.80 Å². The van der Waals surface area contributed by atoms with Gasteiger partial charge in [-0.25, -0.2) is 0 Å². The van der Waals surface area contributed by atoms with Crippen molar-refractivity contribution in [3.05, 3.63) is 29.8 Å². The highest BCUT2D eigenvalue weighted by Crippen LogP contribution is 2.40. The Labute approximate surface area is 124 Å². The predicted molar refractivity (Wildman–Crippen MR) is 81.1 cm³/mol. The van der Waals surface area contributed by atoms with Crippen molar-refractivity contribution in [2.75, 3.05) is 31.9 Å². The molecule has 3 aliphatic rings. The lowest BCUT2D eigenvalue weighted by atomic mass is 10.00. The molecule has 3 nitrogen and oxygen atoms in total. The number of rotatable bonds is 2. The van der Waals surface area contributed by atoms with E-state index in [0.29, 0.717) is 17.9 Å². The largest absolute Gasteiger partial charge is 0.337 e. The molecule has 0 spiro atoms. The minimum absolute atomic E-state index is 0.372. The molecule has 2 fully saturated rings. The first-order valence-corrected chi connectivity index (χ1v) is 8.53. The van der Waals surface area contributed by atoms with Crippen molar-refractivity contribution >= 4 is 17.7 Å². The minimum atomic E-state index is 0.372. The van der Waals surface area contributed by atoms with Crippen molar-refractivity contribution < 1.29 is 4.79 Å². The van der Waals surface area contributed by atoms with Crippen LogP contribution in [0.1, 0.15) is 24.3 Å². The normalized spacial score (nSPS) is 29.6. The number of hydrogen-bond donors (Lipinski definition) is 0. The van der Waals surface area contributed by atoms with Gasteiger partial charge in [-0.1, -0.05) is 18.2 Å². The zero-order valence-corrected chi connectivity index (χ0v) is 12.4. The van der Waals surface area contributed by atoms with Gasteiger partial charge < -0.3 is 4.90 Å². The highest BCUT2D eigenvalue weighted by Gasteiger charge is 2.36. The number of carbonyl (C=O) groups excluding carboxylic acids is 1. The monoisotopic (exact) mass is 288 g/mol. The fourth-order valence-electron chi connectivity index (χ4n) is 3.79. The Morgan fingerprint density at radius 1 is 1.25 bits per heavy atom. The minimum Gasteiger partial charge on any atom is -0.337 e. The summed E-state index contributed by atoms with van der Waals surface area (Å²) in [5.41, 5.74) is 1.53. The first-order valence-electron chi connectivity index (χ1n) is 7.55. The fraction of sp³-hybridized carbons (Fsp3) is 0.562. The molecule has 1 aromatic carbocycles. The summed E-state index contributed by atoms with van der Waals surface area (Å²) >= 11 is 1.99. The second-order valence-corrected chi connectivity index (χ2v) is 7.15. The molecule has 1 aromatic rings. The molecule has 2 saturated heterocycles. The van der Waals surface area contributed by atoms with Gasteiger partial charge in [-0.2, -0.15) is 0 Å². The topological polar surface area (TPSA) is 23.6 Å². The molecule has 3 heterocycles. The number of nitrogens with zero attached hydrogens (tertiary/aromatic N) is 2. The van der Waals surface area contributed by atoms with Gasteiger partial charge in [0.15, 0.2) is 0 Å². The summed E-state index contributed by atoms with van der Waals surface area (Å²) in [6.07, 6.45) is 1.83. The zero-order valence-electron chi connectivity index (χ0n) is 11.6. The third-order valence-corrected chi connectivity index (χ3v) is 6.11. The quantitative estimate of drug-likeness (QED) is 0.833. The molecule has 20 heavy (non-hydrogen) atoms. The maximum atomic E-state index is 11.7. The highest BCUT2D eigenvalue weighted by molar-refractivity contribution is 7.99. The van der Waals surface area contributed by atoms with Gasteiger partial charge in [-0.3, -0.25) is 9.69 Å². The first kappa shape index (κ1) is 12.7. The van der Waals surface area contributed by atoms with Crippen molar-refractivity contribution in [3.63, 3.8) is 0 Å². The summed E-state index contributed by atoms with van der Waals surface area (Å²) in [6.45, 7) is 4.22. The van der Waals surface area contributed by atoms with Gasteiger partial charge >= 0.3 is 0 Å². The maximum Gasteiger partial charge on any atom is 0.222 e. The van der Waals surface area contributed by atoms with E-state index in [2.05, 4.69) is 34.1 Å². The lowest BCUT2D eigenvalue weighted by molar-refractivity contribution is -0.130. The SMILES string of the molecule is O=C1CCC2CN(CC3CSc4ccccc43)CCN12. The van der Waals surface area contributed by atoms with E-state index in [1.54, 1.807) is 0 Å². The Bertz CT molecular complexity index is 533. The molecule has 4 rings (SSSR count). The Hall–Kier alpha value is -1.00. The molecular formula is C16H20N2OS. The van der Waals surface area contributed by atoms with E-state index in [1.807, 2.05) is 11.8 Å². The average Bonchev–Trinajstić information content (AvgIpc) is 3.04. The second-order valence-electron chi connectivity index (χ2n) is 6.08. The van der Waals surface area contributed by atoms with Gasteiger partial charge in [0.2, 0.25) is 5.91 Å². The van der Waals surface area contributed by atoms with Crippen LogP contribution < -0.4 is 0 Å². The van der Waals surface area contributed by atoms with Crippen LogP contribution in [0.5, 0.6) is 0 Å². The maximum absolute atomic E-state index is 11.7. The van der Waals surface area contributed by atoms with Crippen LogP contribution in [-0.2, 0) is 4.79 Å². The molecular weight excluding hydrogens is 268 g/mol. The molecule has 1 amide bonds. The Balaban J connectivity index is 1.43. The third-order valence-electron chi connectivity index (χ3n) is 4.86. The number of carbonyl (C=O) groups is 1. The van der Waals surface area contributed by atoms with E-state index in [1.165, 1.54) is 16.2 Å². The third kappa shape index (κ3) is 2.15. The van der Waals surface area contributed by atoms with Crippen LogP contribution in [0.25, 0.3) is 0 Å². The van der Waals surface area contributed by atoms with Crippen LogP contribution in [-0.4, -0.2) is 53.7 Å². The summed E-state index contributed by atoms with van der Waals surface area (Å²) in [5, 5.41) is 0. The van der Waals surface area contributed by atoms with E-state index >= 15 is 0 Å². The van der Waals surface area contributed by atoms with Crippen molar-refractivity contribution in [1.29, 1.82) is 0 Å². The van der Waals surface area contributed by atoms with Crippen molar-refractivity contribution in [3.8, 4) is 0 Å². The Morgan fingerprint density at radius 3 is 3.10 bits per heavy atom. The number of amides is 1. The van der Waals surface area contributed by atoms with Gasteiger partial charge in [0.25, 0.3) is 0 Å². The molecule has 0 aliphatic carbocycles. The van der Waals surface area contributed by atoms with Gasteiger partial charge in [0.05, 0.1) is 0 Å². The molecule has 2 unspecified atom stereocenters. The van der Waals surface area contributed by atoms with Crippen molar-refractivity contribution in [2.45, 2.75) is 29.7 Å². The van der Waals surface area contributed by atoms with Gasteiger partial charge in [-0.05, 0) is 18.1 Å². The summed E-state index contributed by atoms with van der Waals surface area (Å²) < 4.78 is 0. The predicted octanol–water partition coefficient (Wildman–Crippen LogP) is 2.18. The van der Waals surface area contributed by atoms with Crippen LogP contribution in [0, 0.1) is 0 Å². The van der Waals surface area contributed by atoms with E-state index in [9.17, 15) is 4.79 Å². The Morgan fingerprint density at radius 2 is 2.15 bits per heavy atom. The molecule has 106 valence electrons. The Kier molecular flexibility index (Phi) is 3.23. The van der Waals surface area contributed by atoms with Crippen LogP contribution in [0.2, 0.25) is 0 Å². The van der Waals surface area contributed by atoms with E-state index < -0.39 is 0 Å². The number of benzene rings is 1. The lowest BCUT2D eigenvalue weighted by Crippen LogP contribution is -2.52. The van der Waals surface area contributed by atoms with E-state index in [-0.39, 0.29) is 0 Å². The van der Waals surface area contributed by atoms with Gasteiger partial charge in [-0.15, -0.1) is 11.8 Å². The van der Waals surface area contributed by atoms with Crippen molar-refractivity contribution in [2.24, 2.45) is 0 Å². The number of hydrogen-bond acceptors (Lipinski definition) is 3. The van der Waals surface area contributed by atoms with Crippen LogP contribution in [0.4, 0.5) is 0 Å². The molecule has 2 atom stereocenters. The standard InChI is InChI=1S/C16H20N2OS/c19-16-6-5-13-10-17(7-8-18(13)16)9-12-11-20-15-4-2-1-3-14(12)15/h1-4,12-13H,5-11H2. The van der Waals surface area contributed by atoms with E-state index in [0.717, 1.165) is 39.0 Å². The number of piperazine rings is 1. The van der Waals surface area contributed by atoms with Crippen LogP contribution in [0.15, 0.2) is 29.2 Å². The van der Waals surface area contributed by atoms with E-state index in [4.69, 9.17) is 0 Å². The van der Waals surface area contributed by atoms with Crippen LogP contribution in [0.3, 0.4) is 0 Å². The molecule has 0 aromatic heterocycles. The van der Waals surface area contributed by atoms with Gasteiger partial charge in [0, 0.05) is 55.2 Å². The smallest absolute Gasteiger partial charge is 0.222 e. The fourth-order valence-corrected chi connectivity index (χ4v) is 5.03. The molecule has 0 radical (unpaired) electrons. The number of thioether (sulfide) groups is 1. The number of fused-ring (bicyclic) bond motifs is 2. The average molecular weight is 288 g/mol. The molecule has 4 heteroatoms. The zero-order chi connectivity index (χ0) is 13.5. The molecule has 0 N–H and O–H groups in total. The molecule has 3 aliphatic heterocycles. The first-order chi connectivity index (χ1) is 9.81. The summed E-state index contributed by atoms with van der Waals surface area (Å²) in [4.78, 5) is 17.9. The lowest BCUT2D eigenvalue weighted by Gasteiger charge is -2.38. The molecule has 0 bridgehead atoms. The summed E-state index contributed by atoms with van der Waals surface area (Å²) in [6, 6.07) is 9.31.